The van der Waals surface area contributed by atoms with Crippen LogP contribution in [0.2, 0.25) is 0 Å². The number of rotatable bonds is 8. The minimum Gasteiger partial charge on any atom is -0.543 e. The fourth-order valence-corrected chi connectivity index (χ4v) is 2.96. The van der Waals surface area contributed by atoms with Crippen molar-refractivity contribution in [3.8, 4) is 5.75 Å². The molecule has 1 heterocycles. The van der Waals surface area contributed by atoms with Crippen molar-refractivity contribution in [1.29, 1.82) is 0 Å². The van der Waals surface area contributed by atoms with Gasteiger partial charge in [0.2, 0.25) is 0 Å². The maximum atomic E-state index is 10.8. The Bertz CT molecular complexity index is 643. The molecule has 0 saturated heterocycles. The zero-order valence-corrected chi connectivity index (χ0v) is 16.7. The molecule has 0 fully saturated rings. The maximum Gasteiger partial charge on any atom is 1.00 e. The number of hydrogen-bond donors (Lipinski definition) is 0. The molecule has 118 valence electrons. The zero-order valence-electron chi connectivity index (χ0n) is 13.9. The van der Waals surface area contributed by atoms with Crippen molar-refractivity contribution >= 4 is 17.3 Å². The van der Waals surface area contributed by atoms with Gasteiger partial charge in [0, 0.05) is 17.4 Å². The van der Waals surface area contributed by atoms with E-state index in [1.54, 1.807) is 0 Å². The summed E-state index contributed by atoms with van der Waals surface area (Å²) in [5.41, 5.74) is 2.18. The number of unbranched alkanes of at least 4 members (excludes halogenated alkanes) is 2. The van der Waals surface area contributed by atoms with Crippen LogP contribution in [0.4, 0.5) is 0 Å². The average Bonchev–Trinajstić information content (AvgIpc) is 2.94. The average molecular weight is 341 g/mol. The summed E-state index contributed by atoms with van der Waals surface area (Å²) >= 11 is 1.33. The molecule has 0 aliphatic carbocycles. The van der Waals surface area contributed by atoms with E-state index in [0.29, 0.717) is 13.0 Å². The van der Waals surface area contributed by atoms with Gasteiger partial charge in [0.25, 0.3) is 0 Å². The Morgan fingerprint density at radius 2 is 2.13 bits per heavy atom. The number of ether oxygens (including phenoxy) is 1. The predicted octanol–water partition coefficient (Wildman–Crippen LogP) is -0.0212. The molecule has 0 amide bonds. The van der Waals surface area contributed by atoms with E-state index in [4.69, 9.17) is 4.74 Å². The summed E-state index contributed by atoms with van der Waals surface area (Å²) in [7, 11) is 0. The van der Waals surface area contributed by atoms with Gasteiger partial charge in [0.05, 0.1) is 23.3 Å². The van der Waals surface area contributed by atoms with Crippen molar-refractivity contribution in [2.24, 2.45) is 0 Å². The molecule has 0 atom stereocenters. The third-order valence-corrected chi connectivity index (χ3v) is 4.17. The maximum absolute atomic E-state index is 10.8. The third kappa shape index (κ3) is 6.26. The van der Waals surface area contributed by atoms with Crippen LogP contribution in [0, 0.1) is 6.92 Å². The second-order valence-electron chi connectivity index (χ2n) is 5.26. The molecule has 1 aromatic carbocycles. The van der Waals surface area contributed by atoms with Gasteiger partial charge < -0.3 is 14.6 Å². The van der Waals surface area contributed by atoms with Crippen LogP contribution in [0.3, 0.4) is 0 Å². The van der Waals surface area contributed by atoms with Gasteiger partial charge in [0.15, 0.2) is 0 Å². The number of aromatic nitrogens is 1. The first-order valence-corrected chi connectivity index (χ1v) is 8.36. The van der Waals surface area contributed by atoms with Gasteiger partial charge >= 0.3 is 29.6 Å². The van der Waals surface area contributed by atoms with E-state index in [1.807, 2.05) is 19.1 Å². The molecule has 0 radical (unpaired) electrons. The summed E-state index contributed by atoms with van der Waals surface area (Å²) in [6, 6.07) is 6.06. The smallest absolute Gasteiger partial charge is 0.543 e. The van der Waals surface area contributed by atoms with Crippen LogP contribution < -0.4 is 39.4 Å². The molecule has 4 nitrogen and oxygen atoms in total. The monoisotopic (exact) mass is 341 g/mol. The first kappa shape index (κ1) is 20.2. The minimum atomic E-state index is -1.23. The summed E-state index contributed by atoms with van der Waals surface area (Å²) < 4.78 is 5.87. The number of aromatic carboxylic acids is 1. The molecule has 6 heteroatoms. The molecular weight excluding hydrogens is 321 g/mol. The standard InChI is InChI=1S/C17H21NO3S.Na/c1-3-4-5-8-21-15-7-6-12(2)9-13(15)10-16-18-14(11-22-16)17(19)20;/h6-7,9,11H,3-5,8,10H2,1-2H3,(H,19,20);/q;+1/p-1. The van der Waals surface area contributed by atoms with Gasteiger partial charge in [0.1, 0.15) is 5.75 Å². The summed E-state index contributed by atoms with van der Waals surface area (Å²) in [4.78, 5) is 14.9. The van der Waals surface area contributed by atoms with Crippen LogP contribution in [0.25, 0.3) is 0 Å². The molecular formula is C17H20NNaO3S. The number of thiazole rings is 1. The van der Waals surface area contributed by atoms with E-state index in [1.165, 1.54) is 16.7 Å². The number of aryl methyl sites for hydroxylation is 1. The summed E-state index contributed by atoms with van der Waals surface area (Å²) in [5, 5.41) is 13.1. The zero-order chi connectivity index (χ0) is 15.9. The van der Waals surface area contributed by atoms with Gasteiger partial charge in [-0.3, -0.25) is 0 Å². The fraction of sp³-hybridized carbons (Fsp3) is 0.412. The molecule has 0 bridgehead atoms. The summed E-state index contributed by atoms with van der Waals surface area (Å²) in [6.45, 7) is 4.89. The molecule has 1 aromatic heterocycles. The van der Waals surface area contributed by atoms with Crippen molar-refractivity contribution < 1.29 is 44.2 Å². The number of carboxylic acid groups (broad SMARTS) is 1. The quantitative estimate of drug-likeness (QED) is 0.500. The number of carbonyl (C=O) groups is 1. The third-order valence-electron chi connectivity index (χ3n) is 3.32. The molecule has 2 rings (SSSR count). The van der Waals surface area contributed by atoms with Crippen LogP contribution in [-0.4, -0.2) is 17.6 Å². The van der Waals surface area contributed by atoms with Gasteiger partial charge in [-0.1, -0.05) is 37.5 Å². The van der Waals surface area contributed by atoms with E-state index in [0.717, 1.165) is 41.1 Å². The normalized spacial score (nSPS) is 10.2. The summed E-state index contributed by atoms with van der Waals surface area (Å²) in [6.07, 6.45) is 3.93. The fourth-order valence-electron chi connectivity index (χ4n) is 2.17. The molecule has 0 N–H and O–H groups in total. The predicted molar refractivity (Wildman–Crippen MR) is 85.4 cm³/mol. The van der Waals surface area contributed by atoms with Gasteiger partial charge in [-0.2, -0.15) is 0 Å². The van der Waals surface area contributed by atoms with Crippen molar-refractivity contribution in [1.82, 2.24) is 4.98 Å². The molecule has 0 aliphatic heterocycles. The first-order chi connectivity index (χ1) is 10.6. The first-order valence-electron chi connectivity index (χ1n) is 7.48. The summed E-state index contributed by atoms with van der Waals surface area (Å²) in [5.74, 6) is -0.380. The molecule has 0 aliphatic rings. The Hall–Kier alpha value is -0.880. The van der Waals surface area contributed by atoms with E-state index in [2.05, 4.69) is 18.0 Å². The molecule has 0 saturated carbocycles. The number of nitrogens with zero attached hydrogens (tertiary/aromatic N) is 1. The largest absolute Gasteiger partial charge is 1.00 e. The topological polar surface area (TPSA) is 62.2 Å². The van der Waals surface area contributed by atoms with Crippen LogP contribution in [-0.2, 0) is 6.42 Å². The molecule has 23 heavy (non-hydrogen) atoms. The Morgan fingerprint density at radius 1 is 1.35 bits per heavy atom. The van der Waals surface area contributed by atoms with Gasteiger partial charge in [-0.05, 0) is 19.4 Å². The van der Waals surface area contributed by atoms with E-state index >= 15 is 0 Å². The Labute approximate surface area is 163 Å². The minimum absolute atomic E-state index is 0. The van der Waals surface area contributed by atoms with Crippen LogP contribution in [0.1, 0.15) is 52.8 Å². The molecule has 0 unspecified atom stereocenters. The van der Waals surface area contributed by atoms with Crippen LogP contribution >= 0.6 is 11.3 Å². The number of carboxylic acids is 1. The van der Waals surface area contributed by atoms with E-state index < -0.39 is 5.97 Å². The van der Waals surface area contributed by atoms with Gasteiger partial charge in [-0.15, -0.1) is 11.3 Å². The van der Waals surface area contributed by atoms with Crippen molar-refractivity contribution in [3.63, 3.8) is 0 Å². The van der Waals surface area contributed by atoms with Crippen LogP contribution in [0.15, 0.2) is 23.6 Å². The number of hydrogen-bond acceptors (Lipinski definition) is 5. The SMILES string of the molecule is CCCCCOc1ccc(C)cc1Cc1nc(C(=O)[O-])cs1.[Na+]. The second kappa shape index (κ2) is 10.1. The molecule has 0 spiro atoms. The van der Waals surface area contributed by atoms with Crippen LogP contribution in [0.5, 0.6) is 5.75 Å². The van der Waals surface area contributed by atoms with Crippen molar-refractivity contribution in [2.75, 3.05) is 6.61 Å². The van der Waals surface area contributed by atoms with Crippen molar-refractivity contribution in [3.05, 3.63) is 45.4 Å². The van der Waals surface area contributed by atoms with E-state index in [-0.39, 0.29) is 35.3 Å². The Kier molecular flexibility index (Phi) is 8.84. The number of carbonyl (C=O) groups excluding carboxylic acids is 1. The Morgan fingerprint density at radius 3 is 2.78 bits per heavy atom. The Balaban J connectivity index is 0.00000264. The van der Waals surface area contributed by atoms with Crippen molar-refractivity contribution in [2.45, 2.75) is 39.5 Å². The van der Waals surface area contributed by atoms with E-state index in [9.17, 15) is 9.90 Å². The number of benzene rings is 1. The molecule has 2 aromatic rings. The second-order valence-corrected chi connectivity index (χ2v) is 6.20. The van der Waals surface area contributed by atoms with Gasteiger partial charge in [-0.25, -0.2) is 4.98 Å².